The first-order valence-electron chi connectivity index (χ1n) is 33.1. The van der Waals surface area contributed by atoms with Crippen LogP contribution in [0.4, 0.5) is 0 Å². The Balaban J connectivity index is 5.24. The lowest BCUT2D eigenvalue weighted by Gasteiger charge is -2.31. The minimum Gasteiger partial charge on any atom is -0.465 e. The van der Waals surface area contributed by atoms with Crippen LogP contribution < -0.4 is 0 Å². The Bertz CT molecular complexity index is 1380. The molecule has 0 bridgehead atoms. The summed E-state index contributed by atoms with van der Waals surface area (Å²) in [6.45, 7) is 12.4. The van der Waals surface area contributed by atoms with E-state index >= 15 is 0 Å². The molecule has 6 unspecified atom stereocenters. The van der Waals surface area contributed by atoms with Gasteiger partial charge in [-0.15, -0.1) is 0 Å². The molecular formula is C66H122O15. The van der Waals surface area contributed by atoms with Crippen LogP contribution in [-0.4, -0.2) is 108 Å². The highest BCUT2D eigenvalue weighted by molar-refractivity contribution is 5.70. The predicted molar refractivity (Wildman–Crippen MR) is 321 cm³/mol. The number of hydrogen-bond donors (Lipinski definition) is 3. The molecule has 0 heterocycles. The van der Waals surface area contributed by atoms with Gasteiger partial charge in [0.05, 0.1) is 23.7 Å². The molecule has 6 atom stereocenters. The van der Waals surface area contributed by atoms with Crippen molar-refractivity contribution >= 4 is 35.8 Å². The zero-order valence-electron chi connectivity index (χ0n) is 52.7. The number of rotatable bonds is 58. The van der Waals surface area contributed by atoms with Crippen LogP contribution in [0.5, 0.6) is 0 Å². The van der Waals surface area contributed by atoms with Crippen LogP contribution in [0.25, 0.3) is 0 Å². The maximum absolute atomic E-state index is 13.1. The van der Waals surface area contributed by atoms with Gasteiger partial charge in [-0.05, 0) is 83.5 Å². The second-order valence-corrected chi connectivity index (χ2v) is 23.6. The van der Waals surface area contributed by atoms with Gasteiger partial charge in [0.1, 0.15) is 38.1 Å². The SMILES string of the molecule is CCCCCCCCC(O)C(CCCCCCCC(=O)OCC(CC)(COC(=O)CCCCCCCC(OC(C)=O)C(O)CCCCCCCC)COC(=O)CCCCCCCC(OC(C)=O)C(O)CCCCCCCC)OC(C)=O. The summed E-state index contributed by atoms with van der Waals surface area (Å²) in [4.78, 5) is 74.7. The highest BCUT2D eigenvalue weighted by Crippen LogP contribution is 2.27. The lowest BCUT2D eigenvalue weighted by Crippen LogP contribution is -2.39. The maximum Gasteiger partial charge on any atom is 0.305 e. The number of ether oxygens (including phenoxy) is 6. The molecule has 15 nitrogen and oxygen atoms in total. The number of aliphatic hydroxyl groups is 3. The van der Waals surface area contributed by atoms with Gasteiger partial charge in [-0.25, -0.2) is 0 Å². The average Bonchev–Trinajstić information content (AvgIpc) is 3.45. The molecule has 0 fully saturated rings. The highest BCUT2D eigenvalue weighted by atomic mass is 16.6. The number of unbranched alkanes of at least 4 members (excludes halogenated alkanes) is 27. The van der Waals surface area contributed by atoms with E-state index in [-0.39, 0.29) is 74.9 Å². The first kappa shape index (κ1) is 77.7. The van der Waals surface area contributed by atoms with Crippen molar-refractivity contribution in [2.24, 2.45) is 5.41 Å². The van der Waals surface area contributed by atoms with E-state index in [1.54, 1.807) is 0 Å². The van der Waals surface area contributed by atoms with Crippen LogP contribution in [0.15, 0.2) is 0 Å². The van der Waals surface area contributed by atoms with Gasteiger partial charge in [0.25, 0.3) is 0 Å². The van der Waals surface area contributed by atoms with Crippen molar-refractivity contribution in [1.82, 2.24) is 0 Å². The van der Waals surface area contributed by atoms with Crippen molar-refractivity contribution in [3.63, 3.8) is 0 Å². The zero-order valence-corrected chi connectivity index (χ0v) is 52.7. The molecule has 0 aliphatic carbocycles. The van der Waals surface area contributed by atoms with E-state index in [1.807, 2.05) is 6.92 Å². The third-order valence-corrected chi connectivity index (χ3v) is 15.8. The fraction of sp³-hybridized carbons (Fsp3) is 0.909. The molecule has 0 aromatic heterocycles. The van der Waals surface area contributed by atoms with E-state index in [4.69, 9.17) is 28.4 Å². The van der Waals surface area contributed by atoms with Crippen molar-refractivity contribution < 1.29 is 72.5 Å². The van der Waals surface area contributed by atoms with Crippen LogP contribution in [0.1, 0.15) is 325 Å². The van der Waals surface area contributed by atoms with Crippen molar-refractivity contribution in [3.8, 4) is 0 Å². The van der Waals surface area contributed by atoms with Crippen LogP contribution in [0, 0.1) is 5.41 Å². The zero-order chi connectivity index (χ0) is 60.2. The van der Waals surface area contributed by atoms with Crippen molar-refractivity contribution in [3.05, 3.63) is 0 Å². The fourth-order valence-corrected chi connectivity index (χ4v) is 10.4. The second kappa shape index (κ2) is 53.4. The summed E-state index contributed by atoms with van der Waals surface area (Å²) >= 11 is 0. The van der Waals surface area contributed by atoms with Crippen LogP contribution in [-0.2, 0) is 57.2 Å². The lowest BCUT2D eigenvalue weighted by atomic mass is 9.88. The number of carbonyl (C=O) groups excluding carboxylic acids is 6. The topological polar surface area (TPSA) is 218 Å². The summed E-state index contributed by atoms with van der Waals surface area (Å²) in [7, 11) is 0. The number of aliphatic hydroxyl groups excluding tert-OH is 3. The third-order valence-electron chi connectivity index (χ3n) is 15.8. The van der Waals surface area contributed by atoms with Gasteiger partial charge in [0.2, 0.25) is 0 Å². The Morgan fingerprint density at radius 1 is 0.309 bits per heavy atom. The fourth-order valence-electron chi connectivity index (χ4n) is 10.4. The van der Waals surface area contributed by atoms with E-state index in [0.717, 1.165) is 135 Å². The smallest absolute Gasteiger partial charge is 0.305 e. The van der Waals surface area contributed by atoms with Gasteiger partial charge < -0.3 is 43.7 Å². The second-order valence-electron chi connectivity index (χ2n) is 23.6. The number of esters is 6. The molecule has 0 aromatic rings. The average molecular weight is 1160 g/mol. The standard InChI is InChI=1S/C66H122O15/c1-8-12-15-18-24-33-42-57(70)60(79-54(5)67)45-36-27-21-30-39-48-63(73)76-51-66(11-4,52-77-64(74)49-40-31-22-28-37-46-61(80-55(6)68)58(71)43-34-25-19-16-13-9-2)53-78-65(75)50-41-32-23-29-38-47-62(81-56(7)69)59(72)44-35-26-20-17-14-10-3/h57-62,70-72H,8-53H2,1-7H3. The first-order chi connectivity index (χ1) is 39.0. The molecule has 476 valence electrons. The van der Waals surface area contributed by atoms with E-state index < -0.39 is 42.0 Å². The van der Waals surface area contributed by atoms with Crippen LogP contribution in [0.2, 0.25) is 0 Å². The normalized spacial score (nSPS) is 14.4. The maximum atomic E-state index is 13.1. The molecule has 0 aliphatic heterocycles. The summed E-state index contributed by atoms with van der Waals surface area (Å²) in [6.07, 6.45) is 33.2. The van der Waals surface area contributed by atoms with Crippen molar-refractivity contribution in [1.29, 1.82) is 0 Å². The Kier molecular flexibility index (Phi) is 51.3. The first-order valence-corrected chi connectivity index (χ1v) is 33.1. The van der Waals surface area contributed by atoms with Crippen LogP contribution >= 0.6 is 0 Å². The monoisotopic (exact) mass is 1150 g/mol. The molecule has 0 amide bonds. The molecule has 0 aromatic carbocycles. The van der Waals surface area contributed by atoms with Gasteiger partial charge in [-0.3, -0.25) is 28.8 Å². The largest absolute Gasteiger partial charge is 0.465 e. The van der Waals surface area contributed by atoms with Gasteiger partial charge in [-0.2, -0.15) is 0 Å². The summed E-state index contributed by atoms with van der Waals surface area (Å²) in [5.74, 6) is -2.30. The van der Waals surface area contributed by atoms with E-state index in [2.05, 4.69) is 20.8 Å². The summed E-state index contributed by atoms with van der Waals surface area (Å²) in [6, 6.07) is 0. The van der Waals surface area contributed by atoms with Gasteiger partial charge in [0, 0.05) is 40.0 Å². The van der Waals surface area contributed by atoms with Crippen molar-refractivity contribution in [2.75, 3.05) is 19.8 Å². The molecule has 0 radical (unpaired) electrons. The van der Waals surface area contributed by atoms with E-state index in [1.165, 1.54) is 78.6 Å². The number of hydrogen-bond acceptors (Lipinski definition) is 15. The Labute approximate surface area is 492 Å². The molecule has 15 heteroatoms. The molecule has 0 spiro atoms. The molecular weight excluding hydrogens is 1030 g/mol. The van der Waals surface area contributed by atoms with Gasteiger partial charge in [0.15, 0.2) is 0 Å². The third kappa shape index (κ3) is 46.7. The molecule has 3 N–H and O–H groups in total. The van der Waals surface area contributed by atoms with E-state index in [9.17, 15) is 44.1 Å². The summed E-state index contributed by atoms with van der Waals surface area (Å²) in [5.41, 5.74) is -0.935. The molecule has 0 aliphatic rings. The Morgan fingerprint density at radius 3 is 0.741 bits per heavy atom. The number of carbonyl (C=O) groups is 6. The highest BCUT2D eigenvalue weighted by Gasteiger charge is 2.34. The minimum atomic E-state index is -0.935. The van der Waals surface area contributed by atoms with Gasteiger partial charge >= 0.3 is 35.8 Å². The van der Waals surface area contributed by atoms with Gasteiger partial charge in [-0.1, -0.05) is 201 Å². The Hall–Kier alpha value is -3.30. The predicted octanol–water partition coefficient (Wildman–Crippen LogP) is 15.3. The van der Waals surface area contributed by atoms with Crippen molar-refractivity contribution in [2.45, 2.75) is 361 Å². The molecule has 0 saturated heterocycles. The minimum absolute atomic E-state index is 0.0779. The van der Waals surface area contributed by atoms with E-state index in [0.29, 0.717) is 64.2 Å². The summed E-state index contributed by atoms with van der Waals surface area (Å²) < 4.78 is 33.9. The molecule has 0 saturated carbocycles. The molecule has 81 heavy (non-hydrogen) atoms. The Morgan fingerprint density at radius 2 is 0.519 bits per heavy atom. The molecule has 0 rings (SSSR count). The van der Waals surface area contributed by atoms with Crippen LogP contribution in [0.3, 0.4) is 0 Å². The lowest BCUT2D eigenvalue weighted by molar-refractivity contribution is -0.163. The quantitative estimate of drug-likeness (QED) is 0.0293. The summed E-state index contributed by atoms with van der Waals surface area (Å²) in [5, 5.41) is 32.4.